The van der Waals surface area contributed by atoms with Crippen LogP contribution < -0.4 is 35.4 Å². The van der Waals surface area contributed by atoms with E-state index >= 15 is 0 Å². The average Bonchev–Trinajstić information content (AvgIpc) is 2.92. The monoisotopic (exact) mass is 630 g/mol. The fraction of sp³-hybridized carbons (Fsp3) is 0.533. The van der Waals surface area contributed by atoms with Crippen LogP contribution in [0.5, 0.6) is 0 Å². The minimum Gasteiger partial charge on any atom is -1.00 e. The minimum absolute atomic E-state index is 0. The third-order valence-corrected chi connectivity index (χ3v) is 9.14. The molecular weight excluding hydrogens is 590 g/mol. The SMILES string of the molecule is O=C(NCC[N+]1(Cc2ccccc2Cl)CCCCC1)C(=O)NCC[N+]1(Cc2ccccc2Cl)CCCCC1.[Cl-].[Cl-]. The second-order valence-electron chi connectivity index (χ2n) is 11.2. The second kappa shape index (κ2) is 16.8. The van der Waals surface area contributed by atoms with Crippen molar-refractivity contribution in [1.29, 1.82) is 0 Å². The van der Waals surface area contributed by atoms with Crippen LogP contribution in [0.3, 0.4) is 0 Å². The number of quaternary nitrogens is 2. The molecule has 0 bridgehead atoms. The number of amides is 2. The van der Waals surface area contributed by atoms with Gasteiger partial charge in [-0.1, -0.05) is 59.6 Å². The van der Waals surface area contributed by atoms with Crippen molar-refractivity contribution in [2.75, 3.05) is 52.4 Å². The van der Waals surface area contributed by atoms with Gasteiger partial charge in [-0.05, 0) is 50.7 Å². The van der Waals surface area contributed by atoms with Gasteiger partial charge in [0.15, 0.2) is 0 Å². The van der Waals surface area contributed by atoms with E-state index in [1.165, 1.54) is 38.5 Å². The molecule has 2 heterocycles. The van der Waals surface area contributed by atoms with Gasteiger partial charge in [0.1, 0.15) is 13.1 Å². The first-order chi connectivity index (χ1) is 18.4. The Kier molecular flexibility index (Phi) is 14.5. The summed E-state index contributed by atoms with van der Waals surface area (Å²) in [5.74, 6) is -1.09. The molecule has 0 radical (unpaired) electrons. The first-order valence-corrected chi connectivity index (χ1v) is 14.9. The topological polar surface area (TPSA) is 58.2 Å². The summed E-state index contributed by atoms with van der Waals surface area (Å²) in [6, 6.07) is 16.0. The van der Waals surface area contributed by atoms with Crippen LogP contribution in [0.25, 0.3) is 0 Å². The molecule has 0 aromatic heterocycles. The van der Waals surface area contributed by atoms with Crippen molar-refractivity contribution in [3.8, 4) is 0 Å². The summed E-state index contributed by atoms with van der Waals surface area (Å²) in [4.78, 5) is 25.3. The van der Waals surface area contributed by atoms with Crippen LogP contribution in [0.2, 0.25) is 10.0 Å². The number of piperidine rings is 2. The van der Waals surface area contributed by atoms with Crippen molar-refractivity contribution in [2.24, 2.45) is 0 Å². The van der Waals surface area contributed by atoms with Crippen LogP contribution in [-0.4, -0.2) is 73.1 Å². The number of carbonyl (C=O) groups excluding carboxylic acids is 2. The molecule has 2 saturated heterocycles. The van der Waals surface area contributed by atoms with Crippen molar-refractivity contribution in [1.82, 2.24) is 10.6 Å². The number of hydrogen-bond acceptors (Lipinski definition) is 2. The van der Waals surface area contributed by atoms with E-state index < -0.39 is 11.8 Å². The van der Waals surface area contributed by atoms with Gasteiger partial charge in [0.25, 0.3) is 0 Å². The standard InChI is InChI=1S/C30H40Cl2N4O2.2ClH/c31-27-13-5-3-11-25(27)23-35(17-7-1-8-18-35)21-15-33-29(37)30(38)34-16-22-36(19-9-2-10-20-36)24-26-12-4-6-14-28(26)32;;/h3-6,11-14H,1-2,7-10,15-24H2;2*1H. The smallest absolute Gasteiger partial charge is 0.309 e. The van der Waals surface area contributed by atoms with E-state index in [-0.39, 0.29) is 24.8 Å². The van der Waals surface area contributed by atoms with Crippen LogP contribution >= 0.6 is 23.2 Å². The zero-order chi connectivity index (χ0) is 26.8. The van der Waals surface area contributed by atoms with Gasteiger partial charge in [0, 0.05) is 21.2 Å². The summed E-state index contributed by atoms with van der Waals surface area (Å²) in [6.45, 7) is 8.52. The van der Waals surface area contributed by atoms with Gasteiger partial charge in [-0.15, -0.1) is 0 Å². The number of nitrogens with one attached hydrogen (secondary N) is 2. The highest BCUT2D eigenvalue weighted by Crippen LogP contribution is 2.27. The van der Waals surface area contributed by atoms with Gasteiger partial charge in [0.05, 0.1) is 52.4 Å². The Hall–Kier alpha value is -1.54. The molecule has 2 amide bonds. The van der Waals surface area contributed by atoms with Gasteiger partial charge < -0.3 is 44.4 Å². The summed E-state index contributed by atoms with van der Waals surface area (Å²) in [6.07, 6.45) is 7.18. The summed E-state index contributed by atoms with van der Waals surface area (Å²) in [5.41, 5.74) is 2.29. The fourth-order valence-corrected chi connectivity index (χ4v) is 6.63. The van der Waals surface area contributed by atoms with Gasteiger partial charge >= 0.3 is 11.8 Å². The molecule has 2 aliphatic rings. The van der Waals surface area contributed by atoms with E-state index in [4.69, 9.17) is 23.2 Å². The van der Waals surface area contributed by atoms with Crippen molar-refractivity contribution in [3.05, 3.63) is 69.7 Å². The Balaban J connectivity index is 0.00000280. The molecule has 2 aromatic carbocycles. The molecule has 0 spiro atoms. The molecule has 0 atom stereocenters. The average molecular weight is 633 g/mol. The summed E-state index contributed by atoms with van der Waals surface area (Å²) < 4.78 is 1.79. The first-order valence-electron chi connectivity index (χ1n) is 14.1. The molecule has 0 saturated carbocycles. The van der Waals surface area contributed by atoms with E-state index in [0.29, 0.717) is 13.1 Å². The molecule has 222 valence electrons. The molecule has 2 aliphatic heterocycles. The van der Waals surface area contributed by atoms with Crippen LogP contribution in [0.4, 0.5) is 0 Å². The molecule has 0 aliphatic carbocycles. The van der Waals surface area contributed by atoms with E-state index in [0.717, 1.165) is 82.5 Å². The molecule has 2 fully saturated rings. The highest BCUT2D eigenvalue weighted by molar-refractivity contribution is 6.35. The highest BCUT2D eigenvalue weighted by Gasteiger charge is 2.32. The maximum absolute atomic E-state index is 12.6. The molecule has 6 nitrogen and oxygen atoms in total. The quantitative estimate of drug-likeness (QED) is 0.260. The lowest BCUT2D eigenvalue weighted by atomic mass is 10.0. The predicted octanol–water partition coefficient (Wildman–Crippen LogP) is -1.06. The zero-order valence-electron chi connectivity index (χ0n) is 23.2. The van der Waals surface area contributed by atoms with Crippen molar-refractivity contribution < 1.29 is 43.4 Å². The lowest BCUT2D eigenvalue weighted by Gasteiger charge is -2.42. The Morgan fingerprint density at radius 3 is 1.30 bits per heavy atom. The largest absolute Gasteiger partial charge is 1.00 e. The summed E-state index contributed by atoms with van der Waals surface area (Å²) >= 11 is 12.9. The van der Waals surface area contributed by atoms with Crippen LogP contribution in [0.15, 0.2) is 48.5 Å². The Bertz CT molecular complexity index is 1000. The van der Waals surface area contributed by atoms with Gasteiger partial charge in [-0.2, -0.15) is 0 Å². The van der Waals surface area contributed by atoms with Crippen molar-refractivity contribution >= 4 is 35.0 Å². The number of likely N-dealkylation sites (tertiary alicyclic amines) is 2. The molecule has 10 heteroatoms. The Morgan fingerprint density at radius 2 is 0.950 bits per heavy atom. The first kappa shape index (κ1) is 34.7. The van der Waals surface area contributed by atoms with Crippen LogP contribution in [0, 0.1) is 0 Å². The van der Waals surface area contributed by atoms with Crippen molar-refractivity contribution in [3.63, 3.8) is 0 Å². The van der Waals surface area contributed by atoms with Crippen molar-refractivity contribution in [2.45, 2.75) is 51.6 Å². The highest BCUT2D eigenvalue weighted by atomic mass is 35.5. The van der Waals surface area contributed by atoms with E-state index in [9.17, 15) is 9.59 Å². The lowest BCUT2D eigenvalue weighted by Crippen LogP contribution is -3.00. The molecule has 40 heavy (non-hydrogen) atoms. The summed E-state index contributed by atoms with van der Waals surface area (Å²) in [7, 11) is 0. The molecule has 0 unspecified atom stereocenters. The molecule has 2 N–H and O–H groups in total. The second-order valence-corrected chi connectivity index (χ2v) is 12.0. The minimum atomic E-state index is -0.547. The summed E-state index contributed by atoms with van der Waals surface area (Å²) in [5, 5.41) is 7.34. The number of nitrogens with zero attached hydrogens (tertiary/aromatic N) is 2. The number of carbonyl (C=O) groups is 2. The number of rotatable bonds is 10. The fourth-order valence-electron chi connectivity index (χ4n) is 6.24. The van der Waals surface area contributed by atoms with Gasteiger partial charge in [0.2, 0.25) is 0 Å². The third kappa shape index (κ3) is 9.78. The number of hydrogen-bond donors (Lipinski definition) is 2. The molecular formula is C30H42Cl4N4O2. The van der Waals surface area contributed by atoms with E-state index in [1.807, 2.05) is 36.4 Å². The van der Waals surface area contributed by atoms with Gasteiger partial charge in [-0.25, -0.2) is 0 Å². The molecule has 4 rings (SSSR count). The maximum Gasteiger partial charge on any atom is 0.309 e. The number of halogens is 4. The zero-order valence-corrected chi connectivity index (χ0v) is 26.2. The van der Waals surface area contributed by atoms with E-state index in [2.05, 4.69) is 22.8 Å². The lowest BCUT2D eigenvalue weighted by molar-refractivity contribution is -0.944. The third-order valence-electron chi connectivity index (χ3n) is 8.41. The van der Waals surface area contributed by atoms with E-state index in [1.54, 1.807) is 0 Å². The maximum atomic E-state index is 12.6. The van der Waals surface area contributed by atoms with Crippen LogP contribution in [-0.2, 0) is 22.7 Å². The van der Waals surface area contributed by atoms with Gasteiger partial charge in [-0.3, -0.25) is 9.59 Å². The molecule has 2 aromatic rings. The Labute approximate surface area is 261 Å². The number of benzene rings is 2. The predicted molar refractivity (Wildman–Crippen MR) is 154 cm³/mol. The normalized spacial score (nSPS) is 17.6. The Morgan fingerprint density at radius 1 is 0.600 bits per heavy atom. The van der Waals surface area contributed by atoms with Crippen LogP contribution in [0.1, 0.15) is 49.7 Å².